The van der Waals surface area contributed by atoms with Crippen molar-refractivity contribution in [2.45, 2.75) is 31.7 Å². The van der Waals surface area contributed by atoms with Crippen LogP contribution in [-0.2, 0) is 9.53 Å². The molecule has 1 unspecified atom stereocenters. The van der Waals surface area contributed by atoms with Crippen LogP contribution in [0.4, 0.5) is 0 Å². The summed E-state index contributed by atoms with van der Waals surface area (Å²) in [7, 11) is 1.74. The first-order valence-corrected chi connectivity index (χ1v) is 5.15. The largest absolute Gasteiger partial charge is 0.381 e. The molecule has 4 nitrogen and oxygen atoms in total. The van der Waals surface area contributed by atoms with Gasteiger partial charge in [0.2, 0.25) is 5.91 Å². The molecule has 0 heterocycles. The monoisotopic (exact) mass is 200 g/mol. The Morgan fingerprint density at radius 1 is 1.64 bits per heavy atom. The predicted molar refractivity (Wildman–Crippen MR) is 54.8 cm³/mol. The van der Waals surface area contributed by atoms with Crippen molar-refractivity contribution in [2.24, 2.45) is 11.7 Å². The molecule has 0 spiro atoms. The van der Waals surface area contributed by atoms with E-state index in [0.717, 1.165) is 12.5 Å². The summed E-state index contributed by atoms with van der Waals surface area (Å²) in [5, 5.41) is 2.93. The Kier molecular flexibility index (Phi) is 3.89. The number of ether oxygens (including phenoxy) is 1. The summed E-state index contributed by atoms with van der Waals surface area (Å²) < 4.78 is 5.46. The molecule has 0 aromatic carbocycles. The topological polar surface area (TPSA) is 64.3 Å². The average molecular weight is 200 g/mol. The fourth-order valence-electron chi connectivity index (χ4n) is 1.18. The number of carbonyl (C=O) groups excluding carboxylic acids is 1. The molecule has 0 bridgehead atoms. The number of hydrogen-bond donors (Lipinski definition) is 2. The van der Waals surface area contributed by atoms with Crippen LogP contribution in [0.25, 0.3) is 0 Å². The lowest BCUT2D eigenvalue weighted by molar-refractivity contribution is -0.124. The highest BCUT2D eigenvalue weighted by Crippen LogP contribution is 2.28. The lowest BCUT2D eigenvalue weighted by Gasteiger charge is -2.25. The van der Waals surface area contributed by atoms with E-state index >= 15 is 0 Å². The van der Waals surface area contributed by atoms with Crippen LogP contribution in [0.2, 0.25) is 0 Å². The quantitative estimate of drug-likeness (QED) is 0.580. The smallest absolute Gasteiger partial charge is 0.237 e. The Morgan fingerprint density at radius 2 is 2.29 bits per heavy atom. The van der Waals surface area contributed by atoms with Gasteiger partial charge in [-0.25, -0.2) is 0 Å². The summed E-state index contributed by atoms with van der Waals surface area (Å²) in [6, 6.07) is 0. The molecule has 1 fully saturated rings. The van der Waals surface area contributed by atoms with Crippen LogP contribution in [0.1, 0.15) is 26.2 Å². The first-order valence-electron chi connectivity index (χ1n) is 5.15. The molecule has 1 saturated carbocycles. The van der Waals surface area contributed by atoms with Crippen LogP contribution in [0.5, 0.6) is 0 Å². The van der Waals surface area contributed by atoms with Gasteiger partial charge in [0.25, 0.3) is 0 Å². The van der Waals surface area contributed by atoms with Gasteiger partial charge < -0.3 is 15.8 Å². The Balaban J connectivity index is 2.15. The molecule has 1 aliphatic carbocycles. The first-order chi connectivity index (χ1) is 6.58. The van der Waals surface area contributed by atoms with Crippen molar-refractivity contribution in [3.63, 3.8) is 0 Å². The van der Waals surface area contributed by atoms with Crippen LogP contribution >= 0.6 is 0 Å². The van der Waals surface area contributed by atoms with Crippen LogP contribution in [0.3, 0.4) is 0 Å². The van der Waals surface area contributed by atoms with Crippen molar-refractivity contribution < 1.29 is 9.53 Å². The second-order valence-corrected chi connectivity index (χ2v) is 4.21. The lowest BCUT2D eigenvalue weighted by atomic mass is 9.98. The molecule has 14 heavy (non-hydrogen) atoms. The van der Waals surface area contributed by atoms with Gasteiger partial charge in [-0.3, -0.25) is 4.79 Å². The molecular weight excluding hydrogens is 180 g/mol. The van der Waals surface area contributed by atoms with Crippen LogP contribution in [0.15, 0.2) is 0 Å². The van der Waals surface area contributed by atoms with Gasteiger partial charge in [-0.1, -0.05) is 0 Å². The number of nitrogens with one attached hydrogen (secondary N) is 1. The van der Waals surface area contributed by atoms with Crippen molar-refractivity contribution in [3.05, 3.63) is 0 Å². The summed E-state index contributed by atoms with van der Waals surface area (Å²) >= 11 is 0. The maximum absolute atomic E-state index is 11.1. The van der Waals surface area contributed by atoms with Gasteiger partial charge >= 0.3 is 0 Å². The summed E-state index contributed by atoms with van der Waals surface area (Å²) in [6.07, 6.45) is 3.21. The van der Waals surface area contributed by atoms with Crippen molar-refractivity contribution in [1.82, 2.24) is 5.32 Å². The molecule has 1 aliphatic rings. The summed E-state index contributed by atoms with van der Waals surface area (Å²) in [6.45, 7) is 3.23. The Bertz CT molecular complexity index is 204. The zero-order chi connectivity index (χ0) is 10.6. The molecule has 3 N–H and O–H groups in total. The number of nitrogens with two attached hydrogens (primary N) is 1. The molecule has 1 amide bonds. The van der Waals surface area contributed by atoms with E-state index in [1.165, 1.54) is 12.8 Å². The molecule has 1 rings (SSSR count). The third-order valence-corrected chi connectivity index (χ3v) is 2.89. The number of likely N-dealkylation sites (N-methyl/N-ethyl adjacent to an activating group) is 1. The third-order valence-electron chi connectivity index (χ3n) is 2.89. The fourth-order valence-corrected chi connectivity index (χ4v) is 1.18. The first kappa shape index (κ1) is 11.5. The predicted octanol–water partition coefficient (Wildman–Crippen LogP) is 0.267. The van der Waals surface area contributed by atoms with E-state index in [-0.39, 0.29) is 5.91 Å². The van der Waals surface area contributed by atoms with Gasteiger partial charge in [0, 0.05) is 13.2 Å². The van der Waals surface area contributed by atoms with Crippen LogP contribution in [0, 0.1) is 5.92 Å². The van der Waals surface area contributed by atoms with E-state index in [2.05, 4.69) is 5.32 Å². The molecule has 4 heteroatoms. The number of primary amides is 1. The zero-order valence-electron chi connectivity index (χ0n) is 9.01. The molecular formula is C10H20N2O2. The molecule has 1 atom stereocenters. The van der Waals surface area contributed by atoms with E-state index < -0.39 is 5.54 Å². The molecule has 0 aliphatic heterocycles. The van der Waals surface area contributed by atoms with Gasteiger partial charge in [0.1, 0.15) is 0 Å². The average Bonchev–Trinajstić information content (AvgIpc) is 2.95. The number of rotatable bonds is 7. The number of carbonyl (C=O) groups is 1. The second kappa shape index (κ2) is 4.75. The Morgan fingerprint density at radius 3 is 2.71 bits per heavy atom. The van der Waals surface area contributed by atoms with Crippen LogP contribution < -0.4 is 11.1 Å². The normalized spacial score (nSPS) is 20.4. The minimum Gasteiger partial charge on any atom is -0.381 e. The summed E-state index contributed by atoms with van der Waals surface area (Å²) in [5.74, 6) is 0.444. The minimum absolute atomic E-state index is 0.324. The van der Waals surface area contributed by atoms with Crippen molar-refractivity contribution >= 4 is 5.91 Å². The minimum atomic E-state index is -0.635. The Hall–Kier alpha value is -0.610. The highest BCUT2D eigenvalue weighted by molar-refractivity contribution is 5.84. The maximum atomic E-state index is 11.1. The SMILES string of the molecule is CNC(C)(CCOCC1CC1)C(N)=O. The summed E-state index contributed by atoms with van der Waals surface area (Å²) in [5.41, 5.74) is 4.64. The van der Waals surface area contributed by atoms with E-state index in [4.69, 9.17) is 10.5 Å². The third kappa shape index (κ3) is 3.27. The van der Waals surface area contributed by atoms with Crippen molar-refractivity contribution in [3.8, 4) is 0 Å². The van der Waals surface area contributed by atoms with Crippen LogP contribution in [-0.4, -0.2) is 31.7 Å². The molecule has 82 valence electrons. The Labute approximate surface area is 85.2 Å². The van der Waals surface area contributed by atoms with Crippen molar-refractivity contribution in [1.29, 1.82) is 0 Å². The number of hydrogen-bond acceptors (Lipinski definition) is 3. The molecule has 0 radical (unpaired) electrons. The van der Waals surface area contributed by atoms with E-state index in [0.29, 0.717) is 13.0 Å². The van der Waals surface area contributed by atoms with Gasteiger partial charge in [0.15, 0.2) is 0 Å². The van der Waals surface area contributed by atoms with Gasteiger partial charge in [-0.15, -0.1) is 0 Å². The summed E-state index contributed by atoms with van der Waals surface area (Å²) in [4.78, 5) is 11.1. The molecule has 0 saturated heterocycles. The van der Waals surface area contributed by atoms with E-state index in [1.807, 2.05) is 0 Å². The van der Waals surface area contributed by atoms with Gasteiger partial charge in [-0.2, -0.15) is 0 Å². The molecule has 0 aromatic rings. The standard InChI is InChI=1S/C10H20N2O2/c1-10(12-2,9(11)13)5-6-14-7-8-3-4-8/h8,12H,3-7H2,1-2H3,(H2,11,13). The van der Waals surface area contributed by atoms with Gasteiger partial charge in [0.05, 0.1) is 5.54 Å². The van der Waals surface area contributed by atoms with Crippen molar-refractivity contribution in [2.75, 3.05) is 20.3 Å². The highest BCUT2D eigenvalue weighted by atomic mass is 16.5. The van der Waals surface area contributed by atoms with Gasteiger partial charge in [-0.05, 0) is 39.2 Å². The lowest BCUT2D eigenvalue weighted by Crippen LogP contribution is -2.52. The maximum Gasteiger partial charge on any atom is 0.237 e. The molecule has 0 aromatic heterocycles. The van der Waals surface area contributed by atoms with E-state index in [1.54, 1.807) is 14.0 Å². The number of amides is 1. The fraction of sp³-hybridized carbons (Fsp3) is 0.900. The second-order valence-electron chi connectivity index (χ2n) is 4.21. The van der Waals surface area contributed by atoms with E-state index in [9.17, 15) is 4.79 Å². The highest BCUT2D eigenvalue weighted by Gasteiger charge is 2.29. The zero-order valence-corrected chi connectivity index (χ0v) is 9.01.